The number of hydrogen-bond donors (Lipinski definition) is 0. The Balaban J connectivity index is -0.0000000800. The van der Waals surface area contributed by atoms with Crippen molar-refractivity contribution in [3.05, 3.63) is 0 Å². The van der Waals surface area contributed by atoms with Crippen molar-refractivity contribution < 1.29 is 34.8 Å². The zero-order chi connectivity index (χ0) is 11.4. The molecule has 0 saturated heterocycles. The molecule has 0 aromatic carbocycles. The maximum atomic E-state index is 2.31. The van der Waals surface area contributed by atoms with E-state index in [1.54, 1.807) is 0 Å². The standard InChI is InChI=1S/2C6H15P.Au.ClH/c2*1-4-7(5-2)6-3;;/h2*4-6H2,1-3H3;;1H/q;;+1;/p+1. The van der Waals surface area contributed by atoms with Crippen molar-refractivity contribution in [1.82, 2.24) is 0 Å². The molecule has 0 aromatic rings. The van der Waals surface area contributed by atoms with Crippen LogP contribution in [0.4, 0.5) is 0 Å². The average Bonchev–Trinajstić information content (AvgIpc) is 2.24. The molecule has 0 heterocycles. The molecule has 4 heteroatoms. The van der Waals surface area contributed by atoms with Gasteiger partial charge in [-0.25, -0.2) is 0 Å². The van der Waals surface area contributed by atoms with Gasteiger partial charge in [-0.1, -0.05) is 0 Å². The predicted molar refractivity (Wildman–Crippen MR) is 79.9 cm³/mol. The SMILES string of the molecule is CC[PH+](CC)CC.CC[PH+](CC)CC.[Au+].[Cl-]. The molecular formula is C12H32AuClP2+2. The van der Waals surface area contributed by atoms with Gasteiger partial charge in [0.25, 0.3) is 0 Å². The molecule has 0 spiro atoms. The smallest absolute Gasteiger partial charge is 1.00 e. The Bertz CT molecular complexity index is 74.0. The topological polar surface area (TPSA) is 0 Å². The number of halogens is 1. The first kappa shape index (κ1) is 26.5. The molecule has 0 unspecified atom stereocenters. The zero-order valence-corrected chi connectivity index (χ0v) is 16.8. The third kappa shape index (κ3) is 18.3. The van der Waals surface area contributed by atoms with E-state index in [1.165, 1.54) is 37.0 Å². The van der Waals surface area contributed by atoms with E-state index in [1.807, 2.05) is 0 Å². The summed E-state index contributed by atoms with van der Waals surface area (Å²) >= 11 is 0. The predicted octanol–water partition coefficient (Wildman–Crippen LogP) is 1.52. The summed E-state index contributed by atoms with van der Waals surface area (Å²) in [5.41, 5.74) is 0. The summed E-state index contributed by atoms with van der Waals surface area (Å²) in [5, 5.41) is 0. The van der Waals surface area contributed by atoms with Crippen LogP contribution >= 0.6 is 15.8 Å². The van der Waals surface area contributed by atoms with E-state index in [9.17, 15) is 0 Å². The van der Waals surface area contributed by atoms with E-state index in [0.29, 0.717) is 0 Å². The van der Waals surface area contributed by atoms with Crippen LogP contribution in [0, 0.1) is 0 Å². The van der Waals surface area contributed by atoms with Crippen LogP contribution in [0.25, 0.3) is 0 Å². The third-order valence-corrected chi connectivity index (χ3v) is 9.00. The summed E-state index contributed by atoms with van der Waals surface area (Å²) in [6, 6.07) is 0. The maximum Gasteiger partial charge on any atom is 1.00 e. The molecule has 0 radical (unpaired) electrons. The molecule has 0 saturated carbocycles. The van der Waals surface area contributed by atoms with Crippen LogP contribution in [0.3, 0.4) is 0 Å². The monoisotopic (exact) mass is 470 g/mol. The van der Waals surface area contributed by atoms with E-state index in [0.717, 1.165) is 0 Å². The Labute approximate surface area is 129 Å². The van der Waals surface area contributed by atoms with E-state index in [2.05, 4.69) is 41.5 Å². The molecule has 0 nitrogen and oxygen atoms in total. The molecule has 0 fully saturated rings. The Morgan fingerprint density at radius 2 is 0.625 bits per heavy atom. The first-order chi connectivity index (χ1) is 6.69. The van der Waals surface area contributed by atoms with Crippen LogP contribution in [-0.2, 0) is 22.4 Å². The van der Waals surface area contributed by atoms with Gasteiger partial charge >= 0.3 is 22.4 Å². The summed E-state index contributed by atoms with van der Waals surface area (Å²) in [6.07, 6.45) is 8.74. The molecule has 0 bridgehead atoms. The van der Waals surface area contributed by atoms with Gasteiger partial charge in [-0.2, -0.15) is 0 Å². The number of hydrogen-bond acceptors (Lipinski definition) is 0. The van der Waals surface area contributed by atoms with Crippen LogP contribution in [-0.4, -0.2) is 37.0 Å². The van der Waals surface area contributed by atoms with Crippen LogP contribution < -0.4 is 12.4 Å². The second kappa shape index (κ2) is 22.1. The van der Waals surface area contributed by atoms with Gasteiger partial charge in [0.05, 0.1) is 37.0 Å². The van der Waals surface area contributed by atoms with Crippen LogP contribution in [0.15, 0.2) is 0 Å². The Kier molecular flexibility index (Phi) is 36.5. The van der Waals surface area contributed by atoms with Crippen molar-refractivity contribution in [1.29, 1.82) is 0 Å². The van der Waals surface area contributed by atoms with Gasteiger partial charge in [0, 0.05) is 0 Å². The van der Waals surface area contributed by atoms with E-state index in [4.69, 9.17) is 0 Å². The van der Waals surface area contributed by atoms with Crippen LogP contribution in [0.5, 0.6) is 0 Å². The quantitative estimate of drug-likeness (QED) is 0.408. The third-order valence-electron chi connectivity index (χ3n) is 3.00. The summed E-state index contributed by atoms with van der Waals surface area (Å²) in [5.74, 6) is 0. The van der Waals surface area contributed by atoms with Crippen molar-refractivity contribution in [2.45, 2.75) is 41.5 Å². The molecule has 0 rings (SSSR count). The molecule has 16 heavy (non-hydrogen) atoms. The van der Waals surface area contributed by atoms with E-state index in [-0.39, 0.29) is 50.6 Å². The summed E-state index contributed by atoms with van der Waals surface area (Å²) < 4.78 is 0. The van der Waals surface area contributed by atoms with Crippen molar-refractivity contribution >= 4 is 15.8 Å². The molecule has 0 atom stereocenters. The van der Waals surface area contributed by atoms with E-state index >= 15 is 0 Å². The molecule has 106 valence electrons. The average molecular weight is 471 g/mol. The van der Waals surface area contributed by atoms with Gasteiger partial charge in [-0.05, 0) is 57.4 Å². The molecule has 0 aliphatic rings. The largest absolute Gasteiger partial charge is 1.00 e. The summed E-state index contributed by atoms with van der Waals surface area (Å²) in [6.45, 7) is 13.8. The van der Waals surface area contributed by atoms with Crippen molar-refractivity contribution in [2.24, 2.45) is 0 Å². The minimum absolute atomic E-state index is 0. The maximum absolute atomic E-state index is 2.31. The number of rotatable bonds is 6. The first-order valence-corrected chi connectivity index (χ1v) is 10.6. The summed E-state index contributed by atoms with van der Waals surface area (Å²) in [7, 11) is 0.275. The van der Waals surface area contributed by atoms with Gasteiger partial charge < -0.3 is 12.4 Å². The molecule has 0 aliphatic heterocycles. The fourth-order valence-electron chi connectivity index (χ4n) is 1.50. The molecule has 0 N–H and O–H groups in total. The van der Waals surface area contributed by atoms with Crippen molar-refractivity contribution in [3.63, 3.8) is 0 Å². The molecular weight excluding hydrogens is 438 g/mol. The molecule has 0 aromatic heterocycles. The first-order valence-electron chi connectivity index (χ1n) is 6.36. The van der Waals surface area contributed by atoms with E-state index < -0.39 is 0 Å². The van der Waals surface area contributed by atoms with Crippen molar-refractivity contribution in [2.75, 3.05) is 37.0 Å². The normalized spacial score (nSPS) is 9.00. The Morgan fingerprint density at radius 3 is 0.625 bits per heavy atom. The van der Waals surface area contributed by atoms with Crippen LogP contribution in [0.1, 0.15) is 41.5 Å². The Hall–Kier alpha value is 1.89. The summed E-state index contributed by atoms with van der Waals surface area (Å²) in [4.78, 5) is 0. The molecule has 0 amide bonds. The second-order valence-electron chi connectivity index (χ2n) is 3.62. The minimum atomic E-state index is 0. The van der Waals surface area contributed by atoms with Gasteiger partial charge in [0.1, 0.15) is 0 Å². The zero-order valence-electron chi connectivity index (χ0n) is 11.9. The molecule has 0 aliphatic carbocycles. The minimum Gasteiger partial charge on any atom is -1.00 e. The van der Waals surface area contributed by atoms with Crippen molar-refractivity contribution in [3.8, 4) is 0 Å². The fourth-order valence-corrected chi connectivity index (χ4v) is 4.50. The van der Waals surface area contributed by atoms with Gasteiger partial charge in [0.15, 0.2) is 0 Å². The fraction of sp³-hybridized carbons (Fsp3) is 1.00. The van der Waals surface area contributed by atoms with Crippen LogP contribution in [0.2, 0.25) is 0 Å². The second-order valence-corrected chi connectivity index (χ2v) is 10.9. The Morgan fingerprint density at radius 1 is 0.500 bits per heavy atom. The van der Waals surface area contributed by atoms with Gasteiger partial charge in [0.2, 0.25) is 0 Å². The van der Waals surface area contributed by atoms with Gasteiger partial charge in [-0.15, -0.1) is 0 Å². The van der Waals surface area contributed by atoms with Gasteiger partial charge in [-0.3, -0.25) is 0 Å².